The van der Waals surface area contributed by atoms with Gasteiger partial charge in [-0.2, -0.15) is 0 Å². The van der Waals surface area contributed by atoms with Crippen molar-refractivity contribution in [2.24, 2.45) is 5.92 Å². The molecule has 0 aliphatic rings. The number of hydrogen-bond donors (Lipinski definition) is 2. The lowest BCUT2D eigenvalue weighted by Gasteiger charge is -2.15. The van der Waals surface area contributed by atoms with Gasteiger partial charge >= 0.3 is 0 Å². The van der Waals surface area contributed by atoms with Crippen LogP contribution in [0.5, 0.6) is 5.75 Å². The molecule has 0 aliphatic heterocycles. The van der Waals surface area contributed by atoms with Crippen LogP contribution in [0.4, 0.5) is 0 Å². The maximum Gasteiger partial charge on any atom is 0.118 e. The molecule has 1 rings (SSSR count). The number of nitrogens with one attached hydrogen (secondary N) is 1. The molecule has 18 heavy (non-hydrogen) atoms. The van der Waals surface area contributed by atoms with Crippen LogP contribution in [-0.2, 0) is 6.42 Å². The van der Waals surface area contributed by atoms with Crippen molar-refractivity contribution < 1.29 is 5.11 Å². The van der Waals surface area contributed by atoms with Crippen LogP contribution in [0.15, 0.2) is 24.3 Å². The van der Waals surface area contributed by atoms with Gasteiger partial charge in [0.25, 0.3) is 0 Å². The molecule has 0 bridgehead atoms. The van der Waals surface area contributed by atoms with Crippen molar-refractivity contribution in [3.63, 3.8) is 0 Å². The molecular formula is C16H27NO. The van der Waals surface area contributed by atoms with E-state index in [4.69, 9.17) is 0 Å². The fourth-order valence-corrected chi connectivity index (χ4v) is 2.19. The van der Waals surface area contributed by atoms with E-state index in [9.17, 15) is 5.11 Å². The van der Waals surface area contributed by atoms with Crippen LogP contribution in [0.1, 0.15) is 45.1 Å². The summed E-state index contributed by atoms with van der Waals surface area (Å²) in [6, 6.07) is 7.59. The molecule has 1 aromatic carbocycles. The summed E-state index contributed by atoms with van der Waals surface area (Å²) < 4.78 is 0. The SMILES string of the molecule is CCCCC(CC)CNCCc1ccccc1O. The van der Waals surface area contributed by atoms with Crippen molar-refractivity contribution in [2.45, 2.75) is 46.0 Å². The summed E-state index contributed by atoms with van der Waals surface area (Å²) in [4.78, 5) is 0. The van der Waals surface area contributed by atoms with Crippen molar-refractivity contribution >= 4 is 0 Å². The Hall–Kier alpha value is -1.02. The number of phenols is 1. The van der Waals surface area contributed by atoms with E-state index in [1.807, 2.05) is 18.2 Å². The van der Waals surface area contributed by atoms with Crippen molar-refractivity contribution in [1.29, 1.82) is 0 Å². The largest absolute Gasteiger partial charge is 0.508 e. The van der Waals surface area contributed by atoms with E-state index in [0.717, 1.165) is 31.0 Å². The Labute approximate surface area is 111 Å². The zero-order valence-corrected chi connectivity index (χ0v) is 11.8. The highest BCUT2D eigenvalue weighted by Crippen LogP contribution is 2.15. The molecule has 102 valence electrons. The fourth-order valence-electron chi connectivity index (χ4n) is 2.19. The Bertz CT molecular complexity index is 325. The molecule has 0 saturated carbocycles. The van der Waals surface area contributed by atoms with Gasteiger partial charge in [-0.15, -0.1) is 0 Å². The van der Waals surface area contributed by atoms with Crippen LogP contribution in [0.3, 0.4) is 0 Å². The van der Waals surface area contributed by atoms with Gasteiger partial charge in [-0.05, 0) is 43.5 Å². The number of phenolic OH excluding ortho intramolecular Hbond substituents is 1. The van der Waals surface area contributed by atoms with Crippen LogP contribution in [0.25, 0.3) is 0 Å². The predicted octanol–water partition coefficient (Wildman–Crippen LogP) is 3.74. The lowest BCUT2D eigenvalue weighted by molar-refractivity contribution is 0.419. The van der Waals surface area contributed by atoms with Crippen LogP contribution < -0.4 is 5.32 Å². The number of hydrogen-bond acceptors (Lipinski definition) is 2. The second-order valence-electron chi connectivity index (χ2n) is 5.00. The first kappa shape index (κ1) is 15.0. The molecule has 1 aromatic rings. The molecule has 1 unspecified atom stereocenters. The smallest absolute Gasteiger partial charge is 0.118 e. The van der Waals surface area contributed by atoms with E-state index >= 15 is 0 Å². The van der Waals surface area contributed by atoms with Gasteiger partial charge in [0.05, 0.1) is 0 Å². The lowest BCUT2D eigenvalue weighted by atomic mass is 9.99. The highest BCUT2D eigenvalue weighted by molar-refractivity contribution is 5.31. The van der Waals surface area contributed by atoms with Crippen LogP contribution in [-0.4, -0.2) is 18.2 Å². The average molecular weight is 249 g/mol. The number of rotatable bonds is 9. The molecule has 2 nitrogen and oxygen atoms in total. The second-order valence-corrected chi connectivity index (χ2v) is 5.00. The maximum absolute atomic E-state index is 9.65. The quantitative estimate of drug-likeness (QED) is 0.653. The van der Waals surface area contributed by atoms with E-state index < -0.39 is 0 Å². The molecule has 0 spiro atoms. The Balaban J connectivity index is 2.19. The van der Waals surface area contributed by atoms with Crippen molar-refractivity contribution in [2.75, 3.05) is 13.1 Å². The Kier molecular flexibility index (Phi) is 7.51. The Morgan fingerprint density at radius 2 is 2.00 bits per heavy atom. The summed E-state index contributed by atoms with van der Waals surface area (Å²) in [7, 11) is 0. The summed E-state index contributed by atoms with van der Waals surface area (Å²) in [5, 5.41) is 13.2. The molecule has 0 fully saturated rings. The van der Waals surface area contributed by atoms with Crippen molar-refractivity contribution in [1.82, 2.24) is 5.32 Å². The van der Waals surface area contributed by atoms with Gasteiger partial charge in [0.2, 0.25) is 0 Å². The summed E-state index contributed by atoms with van der Waals surface area (Å²) in [6.07, 6.45) is 6.10. The molecule has 2 N–H and O–H groups in total. The standard InChI is InChI=1S/C16H27NO/c1-3-5-8-14(4-2)13-17-12-11-15-9-6-7-10-16(15)18/h6-7,9-10,14,17-18H,3-5,8,11-13H2,1-2H3. The van der Waals surface area contributed by atoms with Gasteiger partial charge in [0, 0.05) is 0 Å². The van der Waals surface area contributed by atoms with E-state index in [1.165, 1.54) is 25.7 Å². The topological polar surface area (TPSA) is 32.3 Å². The monoisotopic (exact) mass is 249 g/mol. The Morgan fingerprint density at radius 1 is 1.22 bits per heavy atom. The summed E-state index contributed by atoms with van der Waals surface area (Å²) in [6.45, 7) is 6.56. The fraction of sp³-hybridized carbons (Fsp3) is 0.625. The molecule has 0 saturated heterocycles. The second kappa shape index (κ2) is 8.98. The predicted molar refractivity (Wildman–Crippen MR) is 78.0 cm³/mol. The number of aromatic hydroxyl groups is 1. The minimum atomic E-state index is 0.414. The normalized spacial score (nSPS) is 12.6. The number of benzene rings is 1. The van der Waals surface area contributed by atoms with Gasteiger partial charge in [0.15, 0.2) is 0 Å². The summed E-state index contributed by atoms with van der Waals surface area (Å²) in [5.41, 5.74) is 1.03. The van der Waals surface area contributed by atoms with E-state index in [0.29, 0.717) is 5.75 Å². The molecular weight excluding hydrogens is 222 g/mol. The molecule has 0 heterocycles. The average Bonchev–Trinajstić information content (AvgIpc) is 2.40. The number of unbranched alkanes of at least 4 members (excludes halogenated alkanes) is 1. The van der Waals surface area contributed by atoms with Gasteiger partial charge in [-0.25, -0.2) is 0 Å². The summed E-state index contributed by atoms with van der Waals surface area (Å²) in [5.74, 6) is 1.21. The zero-order valence-electron chi connectivity index (χ0n) is 11.8. The molecule has 2 heteroatoms. The minimum Gasteiger partial charge on any atom is -0.508 e. The van der Waals surface area contributed by atoms with E-state index in [1.54, 1.807) is 6.07 Å². The molecule has 0 amide bonds. The minimum absolute atomic E-state index is 0.414. The first-order chi connectivity index (χ1) is 8.77. The zero-order chi connectivity index (χ0) is 13.2. The van der Waals surface area contributed by atoms with Gasteiger partial charge < -0.3 is 10.4 Å². The third-order valence-corrected chi connectivity index (χ3v) is 3.54. The molecule has 0 aliphatic carbocycles. The van der Waals surface area contributed by atoms with Crippen LogP contribution in [0, 0.1) is 5.92 Å². The lowest BCUT2D eigenvalue weighted by Crippen LogP contribution is -2.24. The van der Waals surface area contributed by atoms with Gasteiger partial charge in [-0.3, -0.25) is 0 Å². The van der Waals surface area contributed by atoms with Crippen molar-refractivity contribution in [3.05, 3.63) is 29.8 Å². The Morgan fingerprint density at radius 3 is 2.67 bits per heavy atom. The van der Waals surface area contributed by atoms with Crippen LogP contribution in [0.2, 0.25) is 0 Å². The van der Waals surface area contributed by atoms with Gasteiger partial charge in [-0.1, -0.05) is 51.3 Å². The van der Waals surface area contributed by atoms with Gasteiger partial charge in [0.1, 0.15) is 5.75 Å². The van der Waals surface area contributed by atoms with Crippen LogP contribution >= 0.6 is 0 Å². The summed E-state index contributed by atoms with van der Waals surface area (Å²) >= 11 is 0. The third kappa shape index (κ3) is 5.54. The molecule has 0 aromatic heterocycles. The highest BCUT2D eigenvalue weighted by atomic mass is 16.3. The van der Waals surface area contributed by atoms with E-state index in [2.05, 4.69) is 19.2 Å². The third-order valence-electron chi connectivity index (χ3n) is 3.54. The highest BCUT2D eigenvalue weighted by Gasteiger charge is 2.05. The first-order valence-electron chi connectivity index (χ1n) is 7.25. The first-order valence-corrected chi connectivity index (χ1v) is 7.25. The molecule has 0 radical (unpaired) electrons. The number of para-hydroxylation sites is 1. The van der Waals surface area contributed by atoms with E-state index in [-0.39, 0.29) is 0 Å². The maximum atomic E-state index is 9.65. The molecule has 1 atom stereocenters. The van der Waals surface area contributed by atoms with Crippen molar-refractivity contribution in [3.8, 4) is 5.75 Å².